The Morgan fingerprint density at radius 3 is 2.93 bits per heavy atom. The molecule has 1 aromatic heterocycles. The van der Waals surface area contributed by atoms with Crippen LogP contribution in [0.5, 0.6) is 0 Å². The SMILES string of the molecule is CC1Cc2ccccc2N1c1nccc(C(=O)NCCc2cccc(Cl)c2)n1. The average Bonchev–Trinajstić information content (AvgIpc) is 3.04. The van der Waals surface area contributed by atoms with E-state index in [4.69, 9.17) is 11.6 Å². The Morgan fingerprint density at radius 2 is 2.07 bits per heavy atom. The highest BCUT2D eigenvalue weighted by Crippen LogP contribution is 2.36. The number of aromatic nitrogens is 2. The maximum atomic E-state index is 12.6. The molecule has 0 aliphatic carbocycles. The van der Waals surface area contributed by atoms with Gasteiger partial charge in [-0.1, -0.05) is 41.9 Å². The van der Waals surface area contributed by atoms with Crippen LogP contribution in [0.1, 0.15) is 28.5 Å². The zero-order valence-electron chi connectivity index (χ0n) is 15.6. The van der Waals surface area contributed by atoms with E-state index < -0.39 is 0 Å². The van der Waals surface area contributed by atoms with Gasteiger partial charge in [-0.3, -0.25) is 4.79 Å². The maximum Gasteiger partial charge on any atom is 0.270 e. The van der Waals surface area contributed by atoms with E-state index in [1.165, 1.54) is 5.56 Å². The second-order valence-electron chi connectivity index (χ2n) is 6.93. The van der Waals surface area contributed by atoms with E-state index in [9.17, 15) is 4.79 Å². The fourth-order valence-corrected chi connectivity index (χ4v) is 3.78. The fourth-order valence-electron chi connectivity index (χ4n) is 3.56. The van der Waals surface area contributed by atoms with Crippen LogP contribution >= 0.6 is 11.6 Å². The molecule has 2 aromatic carbocycles. The molecule has 1 N–H and O–H groups in total. The van der Waals surface area contributed by atoms with E-state index in [0.29, 0.717) is 29.6 Å². The molecule has 5 nitrogen and oxygen atoms in total. The van der Waals surface area contributed by atoms with Crippen LogP contribution in [-0.4, -0.2) is 28.5 Å². The minimum atomic E-state index is -0.203. The Bertz CT molecular complexity index is 1010. The number of nitrogens with zero attached hydrogens (tertiary/aromatic N) is 3. The molecule has 1 unspecified atom stereocenters. The van der Waals surface area contributed by atoms with E-state index in [2.05, 4.69) is 39.2 Å². The topological polar surface area (TPSA) is 58.1 Å². The van der Waals surface area contributed by atoms with Crippen LogP contribution in [0.3, 0.4) is 0 Å². The third-order valence-electron chi connectivity index (χ3n) is 4.89. The van der Waals surface area contributed by atoms with Crippen LogP contribution in [0, 0.1) is 0 Å². The normalized spacial score (nSPS) is 15.4. The number of carbonyl (C=O) groups is 1. The van der Waals surface area contributed by atoms with Gasteiger partial charge >= 0.3 is 0 Å². The van der Waals surface area contributed by atoms with Crippen molar-refractivity contribution in [1.82, 2.24) is 15.3 Å². The number of hydrogen-bond acceptors (Lipinski definition) is 4. The summed E-state index contributed by atoms with van der Waals surface area (Å²) in [7, 11) is 0. The maximum absolute atomic E-state index is 12.6. The van der Waals surface area contributed by atoms with Crippen molar-refractivity contribution in [2.24, 2.45) is 0 Å². The highest BCUT2D eigenvalue weighted by Gasteiger charge is 2.29. The Morgan fingerprint density at radius 1 is 1.21 bits per heavy atom. The molecule has 0 saturated carbocycles. The number of nitrogens with one attached hydrogen (secondary N) is 1. The monoisotopic (exact) mass is 392 g/mol. The van der Waals surface area contributed by atoms with Crippen LogP contribution < -0.4 is 10.2 Å². The quantitative estimate of drug-likeness (QED) is 0.707. The lowest BCUT2D eigenvalue weighted by molar-refractivity contribution is 0.0949. The van der Waals surface area contributed by atoms with Crippen LogP contribution in [0.2, 0.25) is 5.02 Å². The smallest absolute Gasteiger partial charge is 0.270 e. The van der Waals surface area contributed by atoms with Crippen LogP contribution in [-0.2, 0) is 12.8 Å². The van der Waals surface area contributed by atoms with E-state index in [1.807, 2.05) is 36.4 Å². The number of amides is 1. The zero-order valence-corrected chi connectivity index (χ0v) is 16.4. The van der Waals surface area contributed by atoms with Gasteiger partial charge < -0.3 is 10.2 Å². The molecular formula is C22H21ClN4O. The molecule has 28 heavy (non-hydrogen) atoms. The van der Waals surface area contributed by atoms with Crippen LogP contribution in [0.15, 0.2) is 60.8 Å². The second kappa shape index (κ2) is 7.98. The minimum absolute atomic E-state index is 0.203. The summed E-state index contributed by atoms with van der Waals surface area (Å²) in [6.07, 6.45) is 3.29. The lowest BCUT2D eigenvalue weighted by Crippen LogP contribution is -2.29. The minimum Gasteiger partial charge on any atom is -0.350 e. The molecule has 1 amide bonds. The molecule has 0 spiro atoms. The number of para-hydroxylation sites is 1. The molecular weight excluding hydrogens is 372 g/mol. The van der Waals surface area contributed by atoms with E-state index >= 15 is 0 Å². The van der Waals surface area contributed by atoms with Crippen molar-refractivity contribution < 1.29 is 4.79 Å². The van der Waals surface area contributed by atoms with Gasteiger partial charge in [0.1, 0.15) is 5.69 Å². The van der Waals surface area contributed by atoms with Gasteiger partial charge in [0.05, 0.1) is 0 Å². The Hall–Kier alpha value is -2.92. The molecule has 0 fully saturated rings. The van der Waals surface area contributed by atoms with Gasteiger partial charge in [-0.25, -0.2) is 9.97 Å². The lowest BCUT2D eigenvalue weighted by atomic mass is 10.1. The molecule has 0 saturated heterocycles. The number of halogens is 1. The number of anilines is 2. The van der Waals surface area contributed by atoms with Crippen LogP contribution in [0.4, 0.5) is 11.6 Å². The van der Waals surface area contributed by atoms with Gasteiger partial charge in [0.15, 0.2) is 0 Å². The zero-order chi connectivity index (χ0) is 19.5. The average molecular weight is 393 g/mol. The first-order chi connectivity index (χ1) is 13.6. The summed E-state index contributed by atoms with van der Waals surface area (Å²) in [5.41, 5.74) is 3.83. The number of benzene rings is 2. The Kier molecular flexibility index (Phi) is 5.26. The van der Waals surface area contributed by atoms with Gasteiger partial charge in [0, 0.05) is 29.5 Å². The molecule has 0 bridgehead atoms. The molecule has 4 rings (SSSR count). The first-order valence-corrected chi connectivity index (χ1v) is 9.72. The van der Waals surface area contributed by atoms with Gasteiger partial charge in [0.25, 0.3) is 5.91 Å². The molecule has 3 aromatic rings. The first-order valence-electron chi connectivity index (χ1n) is 9.34. The number of rotatable bonds is 5. The fraction of sp³-hybridized carbons (Fsp3) is 0.227. The van der Waals surface area contributed by atoms with Crippen molar-refractivity contribution in [3.63, 3.8) is 0 Å². The summed E-state index contributed by atoms with van der Waals surface area (Å²) in [4.78, 5) is 23.6. The van der Waals surface area contributed by atoms with Crippen molar-refractivity contribution in [3.8, 4) is 0 Å². The molecule has 0 radical (unpaired) electrons. The number of fused-ring (bicyclic) bond motifs is 1. The predicted octanol–water partition coefficient (Wildman–Crippen LogP) is 4.19. The van der Waals surface area contributed by atoms with E-state index in [-0.39, 0.29) is 11.9 Å². The van der Waals surface area contributed by atoms with Crippen molar-refractivity contribution in [2.75, 3.05) is 11.4 Å². The Balaban J connectivity index is 1.46. The van der Waals surface area contributed by atoms with Gasteiger partial charge in [0.2, 0.25) is 5.95 Å². The molecule has 6 heteroatoms. The van der Waals surface area contributed by atoms with E-state index in [1.54, 1.807) is 12.3 Å². The standard InChI is InChI=1S/C22H21ClN4O/c1-15-13-17-6-2-3-8-20(17)27(15)22-25-12-10-19(26-22)21(28)24-11-9-16-5-4-7-18(23)14-16/h2-8,10,12,14-15H,9,11,13H2,1H3,(H,24,28). The van der Waals surface area contributed by atoms with Crippen molar-refractivity contribution in [2.45, 2.75) is 25.8 Å². The largest absolute Gasteiger partial charge is 0.350 e. The second-order valence-corrected chi connectivity index (χ2v) is 7.37. The summed E-state index contributed by atoms with van der Waals surface area (Å²) >= 11 is 6.00. The third-order valence-corrected chi connectivity index (χ3v) is 5.12. The number of hydrogen-bond donors (Lipinski definition) is 1. The van der Waals surface area contributed by atoms with Crippen molar-refractivity contribution in [1.29, 1.82) is 0 Å². The van der Waals surface area contributed by atoms with Crippen molar-refractivity contribution >= 4 is 29.1 Å². The summed E-state index contributed by atoms with van der Waals surface area (Å²) in [5.74, 6) is 0.353. The molecule has 142 valence electrons. The van der Waals surface area contributed by atoms with Crippen molar-refractivity contribution in [3.05, 3.63) is 82.6 Å². The molecule has 1 aliphatic rings. The molecule has 2 heterocycles. The van der Waals surface area contributed by atoms with Gasteiger partial charge in [-0.15, -0.1) is 0 Å². The van der Waals surface area contributed by atoms with Gasteiger partial charge in [-0.2, -0.15) is 0 Å². The highest BCUT2D eigenvalue weighted by atomic mass is 35.5. The highest BCUT2D eigenvalue weighted by molar-refractivity contribution is 6.30. The Labute approximate surface area is 169 Å². The molecule has 1 aliphatic heterocycles. The third kappa shape index (κ3) is 3.85. The first kappa shape index (κ1) is 18.4. The lowest BCUT2D eigenvalue weighted by Gasteiger charge is -2.22. The predicted molar refractivity (Wildman–Crippen MR) is 111 cm³/mol. The summed E-state index contributed by atoms with van der Waals surface area (Å²) in [6.45, 7) is 2.66. The molecule has 1 atom stereocenters. The summed E-state index contributed by atoms with van der Waals surface area (Å²) in [5, 5.41) is 3.62. The summed E-state index contributed by atoms with van der Waals surface area (Å²) < 4.78 is 0. The summed E-state index contributed by atoms with van der Waals surface area (Å²) in [6, 6.07) is 17.8. The van der Waals surface area contributed by atoms with Crippen LogP contribution in [0.25, 0.3) is 0 Å². The van der Waals surface area contributed by atoms with E-state index in [0.717, 1.165) is 17.7 Å². The van der Waals surface area contributed by atoms with Gasteiger partial charge in [-0.05, 0) is 55.2 Å². The number of carbonyl (C=O) groups excluding carboxylic acids is 1.